The molecule has 1 saturated heterocycles. The summed E-state index contributed by atoms with van der Waals surface area (Å²) in [6, 6.07) is 13.5. The fraction of sp³-hybridized carbons (Fsp3) is 0.462. The number of benzene rings is 2. The van der Waals surface area contributed by atoms with Crippen molar-refractivity contribution in [1.29, 1.82) is 0 Å². The second-order valence-electron chi connectivity index (χ2n) is 8.49. The minimum Gasteiger partial charge on any atom is -0.481 e. The Hall–Kier alpha value is -2.53. The first-order valence-electron chi connectivity index (χ1n) is 11.7. The number of carboxylic acid groups (broad SMARTS) is 1. The molecular formula is C26H33ClN2O3. The summed E-state index contributed by atoms with van der Waals surface area (Å²) < 4.78 is 0. The van der Waals surface area contributed by atoms with Crippen LogP contribution in [0, 0.1) is 0 Å². The molecule has 3 rings (SSSR count). The number of hydrogen-bond acceptors (Lipinski definition) is 3. The first kappa shape index (κ1) is 24.1. The Balaban J connectivity index is 1.59. The van der Waals surface area contributed by atoms with Gasteiger partial charge in [-0.15, -0.1) is 0 Å². The minimum absolute atomic E-state index is 0.0968. The van der Waals surface area contributed by atoms with Crippen LogP contribution in [0.25, 0.3) is 0 Å². The molecule has 2 aromatic carbocycles. The van der Waals surface area contributed by atoms with Crippen molar-refractivity contribution in [3.8, 4) is 0 Å². The molecule has 6 heteroatoms. The number of carbonyl (C=O) groups excluding carboxylic acids is 1. The predicted octanol–water partition coefficient (Wildman–Crippen LogP) is 5.49. The average Bonchev–Trinajstić information content (AvgIpc) is 2.92. The van der Waals surface area contributed by atoms with E-state index in [9.17, 15) is 9.59 Å². The van der Waals surface area contributed by atoms with Crippen LogP contribution in [-0.2, 0) is 17.6 Å². The quantitative estimate of drug-likeness (QED) is 0.551. The third-order valence-corrected chi connectivity index (χ3v) is 6.23. The number of carbonyl (C=O) groups is 2. The zero-order valence-corrected chi connectivity index (χ0v) is 19.4. The maximum absolute atomic E-state index is 13.0. The van der Waals surface area contributed by atoms with Crippen LogP contribution in [0.15, 0.2) is 42.5 Å². The van der Waals surface area contributed by atoms with Crippen LogP contribution in [0.5, 0.6) is 0 Å². The second kappa shape index (κ2) is 12.5. The second-order valence-corrected chi connectivity index (χ2v) is 8.92. The van der Waals surface area contributed by atoms with Crippen molar-refractivity contribution in [3.63, 3.8) is 0 Å². The molecule has 1 fully saturated rings. The number of rotatable bonds is 8. The first-order chi connectivity index (χ1) is 15.5. The van der Waals surface area contributed by atoms with Gasteiger partial charge < -0.3 is 15.3 Å². The summed E-state index contributed by atoms with van der Waals surface area (Å²) >= 11 is 6.24. The van der Waals surface area contributed by atoms with Gasteiger partial charge in [-0.3, -0.25) is 9.59 Å². The fourth-order valence-corrected chi connectivity index (χ4v) is 4.34. The topological polar surface area (TPSA) is 69.6 Å². The van der Waals surface area contributed by atoms with Crippen LogP contribution < -0.4 is 10.2 Å². The minimum atomic E-state index is -0.788. The van der Waals surface area contributed by atoms with Gasteiger partial charge in [0, 0.05) is 36.8 Å². The molecule has 1 amide bonds. The van der Waals surface area contributed by atoms with Crippen molar-refractivity contribution in [1.82, 2.24) is 5.32 Å². The van der Waals surface area contributed by atoms with Crippen molar-refractivity contribution >= 4 is 29.2 Å². The Morgan fingerprint density at radius 2 is 1.47 bits per heavy atom. The van der Waals surface area contributed by atoms with E-state index in [0.717, 1.165) is 42.7 Å². The third kappa shape index (κ3) is 7.56. The number of halogens is 1. The SMILES string of the molecule is O=C(O)CCc1ccc(CCNC(=O)c2cc(Cl)ccc2N2CCCCCCCC2)cc1. The van der Waals surface area contributed by atoms with E-state index >= 15 is 0 Å². The monoisotopic (exact) mass is 456 g/mol. The molecule has 0 spiro atoms. The zero-order chi connectivity index (χ0) is 22.8. The Labute approximate surface area is 195 Å². The van der Waals surface area contributed by atoms with Crippen LogP contribution in [0.1, 0.15) is 66.4 Å². The van der Waals surface area contributed by atoms with Crippen molar-refractivity contribution < 1.29 is 14.7 Å². The van der Waals surface area contributed by atoms with Crippen molar-refractivity contribution in [2.45, 2.75) is 57.8 Å². The molecule has 2 aromatic rings. The zero-order valence-electron chi connectivity index (χ0n) is 18.6. The van der Waals surface area contributed by atoms with Crippen molar-refractivity contribution in [2.24, 2.45) is 0 Å². The highest BCUT2D eigenvalue weighted by atomic mass is 35.5. The van der Waals surface area contributed by atoms with Gasteiger partial charge in [0.1, 0.15) is 0 Å². The molecule has 0 aromatic heterocycles. The largest absolute Gasteiger partial charge is 0.481 e. The Morgan fingerprint density at radius 1 is 0.875 bits per heavy atom. The van der Waals surface area contributed by atoms with Crippen LogP contribution in [-0.4, -0.2) is 36.6 Å². The number of anilines is 1. The molecule has 2 N–H and O–H groups in total. The van der Waals surface area contributed by atoms with Gasteiger partial charge in [-0.25, -0.2) is 0 Å². The number of carboxylic acids is 1. The lowest BCUT2D eigenvalue weighted by atomic mass is 10.1. The summed E-state index contributed by atoms with van der Waals surface area (Å²) in [6.07, 6.45) is 8.73. The molecule has 0 radical (unpaired) electrons. The van der Waals surface area contributed by atoms with Gasteiger partial charge in [-0.05, 0) is 55.0 Å². The molecule has 0 unspecified atom stereocenters. The highest BCUT2D eigenvalue weighted by Gasteiger charge is 2.18. The molecule has 32 heavy (non-hydrogen) atoms. The van der Waals surface area contributed by atoms with E-state index in [4.69, 9.17) is 16.7 Å². The van der Waals surface area contributed by atoms with E-state index in [1.54, 1.807) is 6.07 Å². The molecule has 1 aliphatic rings. The Kier molecular flexibility index (Phi) is 9.42. The molecule has 0 bridgehead atoms. The van der Waals surface area contributed by atoms with Gasteiger partial charge in [0.25, 0.3) is 5.91 Å². The third-order valence-electron chi connectivity index (χ3n) is 6.00. The van der Waals surface area contributed by atoms with Gasteiger partial charge in [0.15, 0.2) is 0 Å². The molecule has 1 aliphatic heterocycles. The van der Waals surface area contributed by atoms with E-state index in [0.29, 0.717) is 30.0 Å². The molecule has 5 nitrogen and oxygen atoms in total. The smallest absolute Gasteiger partial charge is 0.303 e. The lowest BCUT2D eigenvalue weighted by Gasteiger charge is -2.26. The summed E-state index contributed by atoms with van der Waals surface area (Å²) in [7, 11) is 0. The number of hydrogen-bond donors (Lipinski definition) is 2. The van der Waals surface area contributed by atoms with Crippen LogP contribution >= 0.6 is 11.6 Å². The molecular weight excluding hydrogens is 424 g/mol. The van der Waals surface area contributed by atoms with Gasteiger partial charge in [-0.1, -0.05) is 61.5 Å². The fourth-order valence-electron chi connectivity index (χ4n) is 4.17. The summed E-state index contributed by atoms with van der Waals surface area (Å²) in [5.74, 6) is -0.885. The summed E-state index contributed by atoms with van der Waals surface area (Å²) in [6.45, 7) is 2.46. The molecule has 0 atom stereocenters. The highest BCUT2D eigenvalue weighted by Crippen LogP contribution is 2.26. The summed E-state index contributed by atoms with van der Waals surface area (Å²) in [5, 5.41) is 12.4. The van der Waals surface area contributed by atoms with Crippen LogP contribution in [0.2, 0.25) is 5.02 Å². The Morgan fingerprint density at radius 3 is 2.09 bits per heavy atom. The van der Waals surface area contributed by atoms with E-state index in [1.165, 1.54) is 25.7 Å². The average molecular weight is 457 g/mol. The van der Waals surface area contributed by atoms with Crippen LogP contribution in [0.3, 0.4) is 0 Å². The summed E-state index contributed by atoms with van der Waals surface area (Å²) in [4.78, 5) is 26.1. The maximum Gasteiger partial charge on any atom is 0.303 e. The highest BCUT2D eigenvalue weighted by molar-refractivity contribution is 6.31. The molecule has 172 valence electrons. The van der Waals surface area contributed by atoms with E-state index in [1.807, 2.05) is 36.4 Å². The number of aryl methyl sites for hydroxylation is 1. The van der Waals surface area contributed by atoms with Gasteiger partial charge in [-0.2, -0.15) is 0 Å². The number of aliphatic carboxylic acids is 1. The van der Waals surface area contributed by atoms with Crippen molar-refractivity contribution in [3.05, 3.63) is 64.2 Å². The number of amides is 1. The number of nitrogens with one attached hydrogen (secondary N) is 1. The van der Waals surface area contributed by atoms with Gasteiger partial charge in [0.05, 0.1) is 5.56 Å². The van der Waals surface area contributed by atoms with Crippen molar-refractivity contribution in [2.75, 3.05) is 24.5 Å². The predicted molar refractivity (Wildman–Crippen MR) is 130 cm³/mol. The van der Waals surface area contributed by atoms with E-state index in [2.05, 4.69) is 10.2 Å². The van der Waals surface area contributed by atoms with Crippen LogP contribution in [0.4, 0.5) is 5.69 Å². The van der Waals surface area contributed by atoms with Gasteiger partial charge >= 0.3 is 5.97 Å². The lowest BCUT2D eigenvalue weighted by Crippen LogP contribution is -2.31. The first-order valence-corrected chi connectivity index (χ1v) is 12.0. The molecule has 0 saturated carbocycles. The van der Waals surface area contributed by atoms with E-state index in [-0.39, 0.29) is 12.3 Å². The Bertz CT molecular complexity index is 888. The van der Waals surface area contributed by atoms with E-state index < -0.39 is 5.97 Å². The normalized spacial score (nSPS) is 14.8. The summed E-state index contributed by atoms with van der Waals surface area (Å²) in [5.41, 5.74) is 3.72. The van der Waals surface area contributed by atoms with Gasteiger partial charge in [0.2, 0.25) is 0 Å². The number of nitrogens with zero attached hydrogens (tertiary/aromatic N) is 1. The lowest BCUT2D eigenvalue weighted by molar-refractivity contribution is -0.136. The molecule has 1 heterocycles. The maximum atomic E-state index is 13.0. The molecule has 0 aliphatic carbocycles. The standard InChI is InChI=1S/C26H33ClN2O3/c27-22-12-13-24(29-17-5-3-1-2-4-6-18-29)23(19-22)26(32)28-16-15-21-9-7-20(8-10-21)11-14-25(30)31/h7-10,12-13,19H,1-6,11,14-18H2,(H,28,32)(H,30,31).